The van der Waals surface area contributed by atoms with Crippen LogP contribution in [0.3, 0.4) is 0 Å². The Hall–Kier alpha value is -1.36. The molecule has 0 aliphatic rings. The normalized spacial score (nSPS) is 10.1. The van der Waals surface area contributed by atoms with Gasteiger partial charge in [-0.3, -0.25) is 0 Å². The Morgan fingerprint density at radius 3 is 3.14 bits per heavy atom. The molecule has 0 aliphatic heterocycles. The van der Waals surface area contributed by atoms with Crippen molar-refractivity contribution in [2.45, 2.75) is 13.3 Å². The molecular weight excluding hydrogens is 180 g/mol. The van der Waals surface area contributed by atoms with Gasteiger partial charge in [0.05, 0.1) is 0 Å². The first-order valence-corrected chi connectivity index (χ1v) is 4.73. The summed E-state index contributed by atoms with van der Waals surface area (Å²) in [6, 6.07) is 1.66. The van der Waals surface area contributed by atoms with Crippen LogP contribution < -0.4 is 11.1 Å². The molecule has 0 aliphatic carbocycles. The monoisotopic (exact) mass is 196 g/mol. The predicted octanol–water partition coefficient (Wildman–Crippen LogP) is 0.897. The molecule has 0 saturated carbocycles. The summed E-state index contributed by atoms with van der Waals surface area (Å²) in [5, 5.41) is 3.06. The second-order valence-corrected chi connectivity index (χ2v) is 2.78. The van der Waals surface area contributed by atoms with E-state index in [1.165, 1.54) is 0 Å². The van der Waals surface area contributed by atoms with Crippen LogP contribution in [-0.4, -0.2) is 29.7 Å². The van der Waals surface area contributed by atoms with Crippen molar-refractivity contribution in [2.24, 2.45) is 0 Å². The molecule has 0 fully saturated rings. The van der Waals surface area contributed by atoms with Crippen LogP contribution in [0.25, 0.3) is 0 Å². The Morgan fingerprint density at radius 2 is 2.43 bits per heavy atom. The number of anilines is 2. The van der Waals surface area contributed by atoms with E-state index in [2.05, 4.69) is 15.3 Å². The second-order valence-electron chi connectivity index (χ2n) is 2.78. The molecule has 0 aromatic carbocycles. The summed E-state index contributed by atoms with van der Waals surface area (Å²) in [6.45, 7) is 4.29. The highest BCUT2D eigenvalue weighted by Gasteiger charge is 1.94. The lowest BCUT2D eigenvalue weighted by Crippen LogP contribution is -2.08. The van der Waals surface area contributed by atoms with Crippen molar-refractivity contribution in [3.05, 3.63) is 12.3 Å². The van der Waals surface area contributed by atoms with Crippen LogP contribution in [0, 0.1) is 0 Å². The molecule has 3 N–H and O–H groups in total. The highest BCUT2D eigenvalue weighted by atomic mass is 16.5. The molecule has 1 aromatic rings. The third kappa shape index (κ3) is 4.04. The fourth-order valence-electron chi connectivity index (χ4n) is 0.977. The molecule has 78 valence electrons. The Kier molecular flexibility index (Phi) is 4.71. The average Bonchev–Trinajstić information content (AvgIpc) is 2.18. The maximum atomic E-state index is 5.49. The van der Waals surface area contributed by atoms with E-state index in [9.17, 15) is 0 Å². The Balaban J connectivity index is 2.18. The first kappa shape index (κ1) is 10.7. The van der Waals surface area contributed by atoms with Gasteiger partial charge in [-0.1, -0.05) is 0 Å². The fourth-order valence-corrected chi connectivity index (χ4v) is 0.977. The number of ether oxygens (including phenoxy) is 1. The maximum Gasteiger partial charge on any atom is 0.224 e. The minimum absolute atomic E-state index is 0.479. The van der Waals surface area contributed by atoms with E-state index in [4.69, 9.17) is 10.5 Å². The molecule has 0 spiro atoms. The molecule has 5 nitrogen and oxygen atoms in total. The van der Waals surface area contributed by atoms with Crippen LogP contribution in [0.2, 0.25) is 0 Å². The summed E-state index contributed by atoms with van der Waals surface area (Å²) in [5.41, 5.74) is 5.49. The maximum absolute atomic E-state index is 5.49. The summed E-state index contributed by atoms with van der Waals surface area (Å²) >= 11 is 0. The third-order valence-corrected chi connectivity index (χ3v) is 1.63. The lowest BCUT2D eigenvalue weighted by molar-refractivity contribution is 0.147. The summed E-state index contributed by atoms with van der Waals surface area (Å²) < 4.78 is 5.19. The van der Waals surface area contributed by atoms with Crippen LogP contribution in [0.5, 0.6) is 0 Å². The SMILES string of the molecule is CCOCCCNc1nccc(N)n1. The van der Waals surface area contributed by atoms with E-state index in [1.54, 1.807) is 12.3 Å². The van der Waals surface area contributed by atoms with Gasteiger partial charge in [-0.15, -0.1) is 0 Å². The van der Waals surface area contributed by atoms with E-state index in [0.29, 0.717) is 11.8 Å². The lowest BCUT2D eigenvalue weighted by atomic mass is 10.4. The molecule has 1 heterocycles. The lowest BCUT2D eigenvalue weighted by Gasteiger charge is -2.04. The largest absolute Gasteiger partial charge is 0.384 e. The number of hydrogen-bond acceptors (Lipinski definition) is 5. The topological polar surface area (TPSA) is 73.1 Å². The summed E-state index contributed by atoms with van der Waals surface area (Å²) in [6.07, 6.45) is 2.57. The van der Waals surface area contributed by atoms with E-state index in [1.807, 2.05) is 6.92 Å². The Labute approximate surface area is 83.7 Å². The van der Waals surface area contributed by atoms with Crippen LogP contribution in [0.15, 0.2) is 12.3 Å². The van der Waals surface area contributed by atoms with Gasteiger partial charge < -0.3 is 15.8 Å². The molecular formula is C9H16N4O. The molecule has 1 aromatic heterocycles. The minimum Gasteiger partial charge on any atom is -0.384 e. The Bertz CT molecular complexity index is 267. The molecule has 0 bridgehead atoms. The zero-order valence-electron chi connectivity index (χ0n) is 8.36. The molecule has 0 radical (unpaired) electrons. The molecule has 14 heavy (non-hydrogen) atoms. The minimum atomic E-state index is 0.479. The summed E-state index contributed by atoms with van der Waals surface area (Å²) in [4.78, 5) is 8.02. The average molecular weight is 196 g/mol. The predicted molar refractivity (Wildman–Crippen MR) is 56.0 cm³/mol. The van der Waals surface area contributed by atoms with Crippen molar-refractivity contribution in [3.8, 4) is 0 Å². The van der Waals surface area contributed by atoms with Crippen molar-refractivity contribution in [1.82, 2.24) is 9.97 Å². The van der Waals surface area contributed by atoms with Crippen molar-refractivity contribution in [3.63, 3.8) is 0 Å². The molecule has 5 heteroatoms. The fraction of sp³-hybridized carbons (Fsp3) is 0.556. The van der Waals surface area contributed by atoms with Crippen molar-refractivity contribution in [1.29, 1.82) is 0 Å². The van der Waals surface area contributed by atoms with Crippen LogP contribution >= 0.6 is 0 Å². The van der Waals surface area contributed by atoms with Gasteiger partial charge in [0.15, 0.2) is 0 Å². The number of hydrogen-bond donors (Lipinski definition) is 2. The van der Waals surface area contributed by atoms with E-state index in [-0.39, 0.29) is 0 Å². The first-order chi connectivity index (χ1) is 6.83. The van der Waals surface area contributed by atoms with Crippen LogP contribution in [0.4, 0.5) is 11.8 Å². The van der Waals surface area contributed by atoms with Gasteiger partial charge in [0, 0.05) is 26.0 Å². The number of nitrogens with one attached hydrogen (secondary N) is 1. The molecule has 0 unspecified atom stereocenters. The van der Waals surface area contributed by atoms with Gasteiger partial charge in [0.1, 0.15) is 5.82 Å². The molecule has 0 atom stereocenters. The van der Waals surface area contributed by atoms with Crippen LogP contribution in [0.1, 0.15) is 13.3 Å². The van der Waals surface area contributed by atoms with Crippen LogP contribution in [-0.2, 0) is 4.74 Å². The number of nitrogen functional groups attached to an aromatic ring is 1. The van der Waals surface area contributed by atoms with Crippen molar-refractivity contribution < 1.29 is 4.74 Å². The number of rotatable bonds is 6. The number of nitrogens with zero attached hydrogens (tertiary/aromatic N) is 2. The van der Waals surface area contributed by atoms with Gasteiger partial charge in [-0.25, -0.2) is 4.98 Å². The van der Waals surface area contributed by atoms with Gasteiger partial charge in [0.2, 0.25) is 5.95 Å². The van der Waals surface area contributed by atoms with E-state index < -0.39 is 0 Å². The van der Waals surface area contributed by atoms with E-state index in [0.717, 1.165) is 26.2 Å². The molecule has 0 saturated heterocycles. The smallest absolute Gasteiger partial charge is 0.224 e. The van der Waals surface area contributed by atoms with Crippen molar-refractivity contribution in [2.75, 3.05) is 30.8 Å². The molecule has 0 amide bonds. The van der Waals surface area contributed by atoms with Gasteiger partial charge in [-0.2, -0.15) is 4.98 Å². The summed E-state index contributed by atoms with van der Waals surface area (Å²) in [5.74, 6) is 1.05. The summed E-state index contributed by atoms with van der Waals surface area (Å²) in [7, 11) is 0. The number of nitrogens with two attached hydrogens (primary N) is 1. The first-order valence-electron chi connectivity index (χ1n) is 4.73. The van der Waals surface area contributed by atoms with Gasteiger partial charge >= 0.3 is 0 Å². The molecule has 1 rings (SSSR count). The standard InChI is InChI=1S/C9H16N4O/c1-2-14-7-3-5-11-9-12-6-4-8(10)13-9/h4,6H,2-3,5,7H2,1H3,(H3,10,11,12,13). The number of aromatic nitrogens is 2. The van der Waals surface area contributed by atoms with Crippen molar-refractivity contribution >= 4 is 11.8 Å². The van der Waals surface area contributed by atoms with E-state index >= 15 is 0 Å². The van der Waals surface area contributed by atoms with Gasteiger partial charge in [-0.05, 0) is 19.4 Å². The second kappa shape index (κ2) is 6.15. The Morgan fingerprint density at radius 1 is 1.57 bits per heavy atom. The highest BCUT2D eigenvalue weighted by molar-refractivity contribution is 5.34. The highest BCUT2D eigenvalue weighted by Crippen LogP contribution is 2.00. The third-order valence-electron chi connectivity index (χ3n) is 1.63. The van der Waals surface area contributed by atoms with Gasteiger partial charge in [0.25, 0.3) is 0 Å². The quantitative estimate of drug-likeness (QED) is 0.661. The zero-order valence-corrected chi connectivity index (χ0v) is 8.36. The zero-order chi connectivity index (χ0) is 10.2.